The molecular formula is C17H26N2O2. The summed E-state index contributed by atoms with van der Waals surface area (Å²) in [6, 6.07) is 7.37. The molecule has 116 valence electrons. The molecule has 0 heterocycles. The van der Waals surface area contributed by atoms with Crippen molar-refractivity contribution in [2.45, 2.75) is 45.1 Å². The lowest BCUT2D eigenvalue weighted by Gasteiger charge is -2.42. The van der Waals surface area contributed by atoms with E-state index in [1.165, 1.54) is 6.42 Å². The van der Waals surface area contributed by atoms with E-state index >= 15 is 0 Å². The molecule has 0 bridgehead atoms. The van der Waals surface area contributed by atoms with Gasteiger partial charge in [-0.15, -0.1) is 0 Å². The first-order chi connectivity index (χ1) is 10.1. The van der Waals surface area contributed by atoms with Gasteiger partial charge in [-0.1, -0.05) is 31.9 Å². The molecule has 3 N–H and O–H groups in total. The van der Waals surface area contributed by atoms with Crippen LogP contribution in [0, 0.1) is 5.92 Å². The van der Waals surface area contributed by atoms with Gasteiger partial charge in [0.25, 0.3) is 5.91 Å². The molecule has 0 aliphatic heterocycles. The minimum Gasteiger partial charge on any atom is -0.493 e. The van der Waals surface area contributed by atoms with Gasteiger partial charge in [-0.25, -0.2) is 0 Å². The van der Waals surface area contributed by atoms with E-state index < -0.39 is 0 Å². The second-order valence-corrected chi connectivity index (χ2v) is 5.89. The molecule has 1 aromatic rings. The van der Waals surface area contributed by atoms with E-state index in [2.05, 4.69) is 12.2 Å². The highest BCUT2D eigenvalue weighted by Crippen LogP contribution is 2.33. The standard InChI is InChI=1S/C17H26N2O2/c1-3-21-15-10-5-4-9-14(15)16(20)19-17(12-18)11-7-6-8-13(17)2/h4-5,9-10,13H,3,6-8,11-12,18H2,1-2H3,(H,19,20). The Kier molecular flexibility index (Phi) is 5.23. The van der Waals surface area contributed by atoms with Gasteiger partial charge >= 0.3 is 0 Å². The van der Waals surface area contributed by atoms with Gasteiger partial charge in [0.2, 0.25) is 0 Å². The number of nitrogens with one attached hydrogen (secondary N) is 1. The van der Waals surface area contributed by atoms with Crippen LogP contribution >= 0.6 is 0 Å². The van der Waals surface area contributed by atoms with Gasteiger partial charge in [0, 0.05) is 6.54 Å². The van der Waals surface area contributed by atoms with Crippen molar-refractivity contribution in [3.05, 3.63) is 29.8 Å². The summed E-state index contributed by atoms with van der Waals surface area (Å²) in [6.07, 6.45) is 4.40. The maximum Gasteiger partial charge on any atom is 0.255 e. The fraction of sp³-hybridized carbons (Fsp3) is 0.588. The second kappa shape index (κ2) is 6.94. The van der Waals surface area contributed by atoms with Crippen LogP contribution in [0.15, 0.2) is 24.3 Å². The van der Waals surface area contributed by atoms with Crippen LogP contribution in [-0.2, 0) is 0 Å². The van der Waals surface area contributed by atoms with Crippen molar-refractivity contribution in [3.63, 3.8) is 0 Å². The minimum absolute atomic E-state index is 0.0850. The van der Waals surface area contributed by atoms with Gasteiger partial charge in [0.15, 0.2) is 0 Å². The molecule has 0 aromatic heterocycles. The Morgan fingerprint density at radius 3 is 2.86 bits per heavy atom. The number of nitrogens with two attached hydrogens (primary N) is 1. The Bertz CT molecular complexity index is 489. The fourth-order valence-electron chi connectivity index (χ4n) is 3.18. The molecule has 4 heteroatoms. The maximum absolute atomic E-state index is 12.7. The van der Waals surface area contributed by atoms with Gasteiger partial charge in [0.1, 0.15) is 5.75 Å². The molecule has 0 saturated heterocycles. The Hall–Kier alpha value is -1.55. The number of hydrogen-bond donors (Lipinski definition) is 2. The van der Waals surface area contributed by atoms with Gasteiger partial charge in [0.05, 0.1) is 17.7 Å². The van der Waals surface area contributed by atoms with E-state index in [0.717, 1.165) is 19.3 Å². The molecule has 1 amide bonds. The van der Waals surface area contributed by atoms with Gasteiger partial charge in [-0.2, -0.15) is 0 Å². The number of ether oxygens (including phenoxy) is 1. The zero-order chi connectivity index (χ0) is 15.3. The van der Waals surface area contributed by atoms with Crippen molar-refractivity contribution in [2.75, 3.05) is 13.2 Å². The Labute approximate surface area is 127 Å². The van der Waals surface area contributed by atoms with Crippen molar-refractivity contribution in [2.24, 2.45) is 11.7 Å². The summed E-state index contributed by atoms with van der Waals surface area (Å²) >= 11 is 0. The number of carbonyl (C=O) groups is 1. The van der Waals surface area contributed by atoms with Crippen LogP contribution in [0.1, 0.15) is 49.9 Å². The third-order valence-corrected chi connectivity index (χ3v) is 4.61. The van der Waals surface area contributed by atoms with Gasteiger partial charge in [-0.3, -0.25) is 4.79 Å². The van der Waals surface area contributed by atoms with Crippen LogP contribution in [0.25, 0.3) is 0 Å². The third-order valence-electron chi connectivity index (χ3n) is 4.61. The van der Waals surface area contributed by atoms with Crippen molar-refractivity contribution < 1.29 is 9.53 Å². The molecular weight excluding hydrogens is 264 g/mol. The van der Waals surface area contributed by atoms with Gasteiger partial charge in [-0.05, 0) is 37.8 Å². The smallest absolute Gasteiger partial charge is 0.255 e. The zero-order valence-electron chi connectivity index (χ0n) is 13.0. The number of para-hydroxylation sites is 1. The normalized spacial score (nSPS) is 25.4. The minimum atomic E-state index is -0.283. The number of benzene rings is 1. The van der Waals surface area contributed by atoms with Crippen LogP contribution in [0.4, 0.5) is 0 Å². The fourth-order valence-corrected chi connectivity index (χ4v) is 3.18. The van der Waals surface area contributed by atoms with Crippen LogP contribution in [-0.4, -0.2) is 24.6 Å². The lowest BCUT2D eigenvalue weighted by molar-refractivity contribution is 0.0809. The highest BCUT2D eigenvalue weighted by molar-refractivity contribution is 5.97. The van der Waals surface area contributed by atoms with E-state index in [1.807, 2.05) is 25.1 Å². The van der Waals surface area contributed by atoms with E-state index in [4.69, 9.17) is 10.5 Å². The van der Waals surface area contributed by atoms with Crippen LogP contribution in [0.2, 0.25) is 0 Å². The predicted octanol–water partition coefficient (Wildman–Crippen LogP) is 2.72. The molecule has 1 aromatic carbocycles. The van der Waals surface area contributed by atoms with Crippen LogP contribution in [0.3, 0.4) is 0 Å². The van der Waals surface area contributed by atoms with E-state index in [1.54, 1.807) is 6.07 Å². The molecule has 21 heavy (non-hydrogen) atoms. The maximum atomic E-state index is 12.7. The number of amides is 1. The summed E-state index contributed by atoms with van der Waals surface area (Å²) in [5.74, 6) is 0.950. The SMILES string of the molecule is CCOc1ccccc1C(=O)NC1(CN)CCCCC1C. The van der Waals surface area contributed by atoms with Crippen molar-refractivity contribution >= 4 is 5.91 Å². The molecule has 1 aliphatic rings. The molecule has 2 unspecified atom stereocenters. The van der Waals surface area contributed by atoms with Crippen molar-refractivity contribution in [3.8, 4) is 5.75 Å². The molecule has 2 rings (SSSR count). The summed E-state index contributed by atoms with van der Waals surface area (Å²) in [4.78, 5) is 12.7. The highest BCUT2D eigenvalue weighted by atomic mass is 16.5. The average Bonchev–Trinajstić information content (AvgIpc) is 2.50. The number of hydrogen-bond acceptors (Lipinski definition) is 3. The Morgan fingerprint density at radius 1 is 1.43 bits per heavy atom. The molecule has 1 saturated carbocycles. The largest absolute Gasteiger partial charge is 0.493 e. The Morgan fingerprint density at radius 2 is 2.19 bits per heavy atom. The van der Waals surface area contributed by atoms with E-state index in [9.17, 15) is 4.79 Å². The molecule has 0 spiro atoms. The summed E-state index contributed by atoms with van der Waals surface area (Å²) in [5.41, 5.74) is 6.31. The highest BCUT2D eigenvalue weighted by Gasteiger charge is 2.38. The van der Waals surface area contributed by atoms with Crippen LogP contribution < -0.4 is 15.8 Å². The third kappa shape index (κ3) is 3.38. The molecule has 0 radical (unpaired) electrons. The molecule has 4 nitrogen and oxygen atoms in total. The average molecular weight is 290 g/mol. The van der Waals surface area contributed by atoms with Crippen molar-refractivity contribution in [1.82, 2.24) is 5.32 Å². The van der Waals surface area contributed by atoms with Crippen LogP contribution in [0.5, 0.6) is 5.75 Å². The lowest BCUT2D eigenvalue weighted by Crippen LogP contribution is -2.59. The summed E-state index contributed by atoms with van der Waals surface area (Å²) in [5, 5.41) is 3.20. The predicted molar refractivity (Wildman–Crippen MR) is 84.5 cm³/mol. The lowest BCUT2D eigenvalue weighted by atomic mass is 9.73. The quantitative estimate of drug-likeness (QED) is 0.876. The summed E-state index contributed by atoms with van der Waals surface area (Å²) in [6.45, 7) is 5.12. The zero-order valence-corrected chi connectivity index (χ0v) is 13.0. The Balaban J connectivity index is 2.20. The molecule has 1 aliphatic carbocycles. The second-order valence-electron chi connectivity index (χ2n) is 5.89. The van der Waals surface area contributed by atoms with E-state index in [-0.39, 0.29) is 11.4 Å². The van der Waals surface area contributed by atoms with Gasteiger partial charge < -0.3 is 15.8 Å². The first-order valence-corrected chi connectivity index (χ1v) is 7.87. The first kappa shape index (κ1) is 15.8. The summed E-state index contributed by atoms with van der Waals surface area (Å²) in [7, 11) is 0. The molecule has 2 atom stereocenters. The first-order valence-electron chi connectivity index (χ1n) is 7.87. The van der Waals surface area contributed by atoms with Crippen molar-refractivity contribution in [1.29, 1.82) is 0 Å². The number of rotatable bonds is 5. The summed E-state index contributed by atoms with van der Waals surface area (Å²) < 4.78 is 5.55. The van der Waals surface area contributed by atoms with E-state index in [0.29, 0.717) is 30.4 Å². The topological polar surface area (TPSA) is 64.3 Å². The number of carbonyl (C=O) groups excluding carboxylic acids is 1. The monoisotopic (exact) mass is 290 g/mol. The molecule has 1 fully saturated rings.